The quantitative estimate of drug-likeness (QED) is 0.152. The van der Waals surface area contributed by atoms with E-state index in [1.54, 1.807) is 0 Å². The zero-order valence-electron chi connectivity index (χ0n) is 27.2. The molecule has 9 nitrogen and oxygen atoms in total. The van der Waals surface area contributed by atoms with Gasteiger partial charge in [-0.3, -0.25) is 13.9 Å². The van der Waals surface area contributed by atoms with E-state index in [4.69, 9.17) is 9.47 Å². The Morgan fingerprint density at radius 2 is 1.54 bits per heavy atom. The number of ether oxygens (including phenoxy) is 2. The molecule has 4 aromatic rings. The fourth-order valence-corrected chi connectivity index (χ4v) is 6.94. The van der Waals surface area contributed by atoms with Gasteiger partial charge in [-0.15, -0.1) is 0 Å². The molecule has 0 saturated carbocycles. The summed E-state index contributed by atoms with van der Waals surface area (Å²) in [5.74, 6) is -1.09. The molecule has 2 atom stereocenters. The monoisotopic (exact) mass is 739 g/mol. The van der Waals surface area contributed by atoms with Crippen molar-refractivity contribution in [3.63, 3.8) is 0 Å². The lowest BCUT2D eigenvalue weighted by atomic mass is 10.0. The largest absolute Gasteiger partial charge is 0.493 e. The second-order valence-electron chi connectivity index (χ2n) is 11.2. The van der Waals surface area contributed by atoms with Crippen molar-refractivity contribution in [2.24, 2.45) is 0 Å². The lowest BCUT2D eigenvalue weighted by molar-refractivity contribution is -0.140. The molecule has 4 rings (SSSR count). The van der Waals surface area contributed by atoms with Gasteiger partial charge in [0.1, 0.15) is 18.4 Å². The van der Waals surface area contributed by atoms with Gasteiger partial charge in [-0.2, -0.15) is 0 Å². The summed E-state index contributed by atoms with van der Waals surface area (Å²) < 4.78 is 55.0. The van der Waals surface area contributed by atoms with Gasteiger partial charge < -0.3 is 19.7 Å². The normalized spacial score (nSPS) is 12.5. The first-order chi connectivity index (χ1) is 23.0. The first-order valence-electron chi connectivity index (χ1n) is 15.3. The maximum Gasteiger partial charge on any atom is 0.264 e. The molecule has 0 fully saturated rings. The second-order valence-corrected chi connectivity index (χ2v) is 14.0. The molecule has 2 amide bonds. The van der Waals surface area contributed by atoms with Crippen molar-refractivity contribution >= 4 is 43.5 Å². The summed E-state index contributed by atoms with van der Waals surface area (Å²) in [5.41, 5.74) is 1.61. The van der Waals surface area contributed by atoms with E-state index in [0.717, 1.165) is 32.0 Å². The Bertz CT molecular complexity index is 1810. The first kappa shape index (κ1) is 36.4. The van der Waals surface area contributed by atoms with Gasteiger partial charge >= 0.3 is 0 Å². The van der Waals surface area contributed by atoms with E-state index in [9.17, 15) is 22.4 Å². The van der Waals surface area contributed by atoms with Crippen molar-refractivity contribution in [1.29, 1.82) is 0 Å². The van der Waals surface area contributed by atoms with E-state index in [0.29, 0.717) is 12.2 Å². The third-order valence-electron chi connectivity index (χ3n) is 7.85. The molecular weight excluding hydrogens is 701 g/mol. The van der Waals surface area contributed by atoms with E-state index in [1.807, 2.05) is 68.4 Å². The van der Waals surface area contributed by atoms with E-state index >= 15 is 0 Å². The fourth-order valence-electron chi connectivity index (χ4n) is 5.07. The summed E-state index contributed by atoms with van der Waals surface area (Å²) >= 11 is 3.48. The molecule has 0 radical (unpaired) electrons. The number of methoxy groups -OCH3 is 2. The van der Waals surface area contributed by atoms with Crippen LogP contribution >= 0.6 is 15.9 Å². The van der Waals surface area contributed by atoms with E-state index < -0.39 is 34.3 Å². The Kier molecular flexibility index (Phi) is 12.6. The van der Waals surface area contributed by atoms with Crippen molar-refractivity contribution in [1.82, 2.24) is 10.2 Å². The summed E-state index contributed by atoms with van der Waals surface area (Å²) in [5, 5.41) is 3.01. The van der Waals surface area contributed by atoms with Crippen LogP contribution in [0.4, 0.5) is 10.1 Å². The number of nitrogens with zero attached hydrogens (tertiary/aromatic N) is 2. The van der Waals surface area contributed by atoms with Crippen molar-refractivity contribution in [2.75, 3.05) is 25.1 Å². The minimum absolute atomic E-state index is 0.0113. The molecule has 1 N–H and O–H groups in total. The molecule has 0 bridgehead atoms. The van der Waals surface area contributed by atoms with Crippen molar-refractivity contribution < 1.29 is 31.9 Å². The van der Waals surface area contributed by atoms with Crippen LogP contribution in [0.25, 0.3) is 0 Å². The van der Waals surface area contributed by atoms with Gasteiger partial charge in [0.05, 0.1) is 24.8 Å². The van der Waals surface area contributed by atoms with Crippen LogP contribution in [0.2, 0.25) is 0 Å². The van der Waals surface area contributed by atoms with Crippen LogP contribution in [0.5, 0.6) is 11.5 Å². The Morgan fingerprint density at radius 3 is 2.17 bits per heavy atom. The van der Waals surface area contributed by atoms with Gasteiger partial charge in [0.25, 0.3) is 10.0 Å². The minimum atomic E-state index is -4.44. The fraction of sp³-hybridized carbons (Fsp3) is 0.278. The van der Waals surface area contributed by atoms with Crippen LogP contribution in [0, 0.1) is 5.82 Å². The average molecular weight is 741 g/mol. The molecule has 4 aromatic carbocycles. The number of anilines is 1. The van der Waals surface area contributed by atoms with Crippen LogP contribution in [0.1, 0.15) is 31.4 Å². The number of halogens is 2. The number of carbonyl (C=O) groups is 2. The summed E-state index contributed by atoms with van der Waals surface area (Å²) in [6.07, 6.45) is 0.854. The van der Waals surface area contributed by atoms with Gasteiger partial charge in [-0.25, -0.2) is 12.8 Å². The SMILES string of the molecule is CC[C@@H](C)NC(=O)[C@H](Cc1ccccc1)N(Cc1cccc(Br)c1)C(=O)CN(c1ccc(F)cc1)S(=O)(=O)c1ccc(OC)c(OC)c1. The van der Waals surface area contributed by atoms with E-state index in [2.05, 4.69) is 21.2 Å². The standard InChI is InChI=1S/C36H39BrFN3O6S/c1-5-25(2)39-36(43)32(21-26-10-7-6-8-11-26)40(23-27-12-9-13-28(37)20-27)35(42)24-41(30-16-14-29(38)15-17-30)48(44,45)31-18-19-33(46-3)34(22-31)47-4/h6-20,22,25,32H,5,21,23-24H2,1-4H3,(H,39,43)/t25-,32+/m1/s1. The Balaban J connectivity index is 1.83. The molecule has 0 aliphatic heterocycles. The molecule has 0 saturated heterocycles. The van der Waals surface area contributed by atoms with Crippen LogP contribution < -0.4 is 19.1 Å². The Hall–Kier alpha value is -4.42. The third kappa shape index (κ3) is 9.13. The van der Waals surface area contributed by atoms with Crippen LogP contribution in [0.3, 0.4) is 0 Å². The summed E-state index contributed by atoms with van der Waals surface area (Å²) in [6.45, 7) is 3.15. The molecule has 12 heteroatoms. The second kappa shape index (κ2) is 16.6. The summed E-state index contributed by atoms with van der Waals surface area (Å²) in [7, 11) is -1.63. The maximum absolute atomic E-state index is 14.6. The summed E-state index contributed by atoms with van der Waals surface area (Å²) in [4.78, 5) is 29.8. The lowest BCUT2D eigenvalue weighted by Gasteiger charge is -2.34. The highest BCUT2D eigenvalue weighted by Crippen LogP contribution is 2.32. The number of hydrogen-bond acceptors (Lipinski definition) is 6. The molecule has 254 valence electrons. The number of amides is 2. The van der Waals surface area contributed by atoms with Gasteiger partial charge in [0.15, 0.2) is 11.5 Å². The van der Waals surface area contributed by atoms with Gasteiger partial charge in [0, 0.05) is 29.5 Å². The average Bonchev–Trinajstić information content (AvgIpc) is 3.09. The van der Waals surface area contributed by atoms with Gasteiger partial charge in [-0.05, 0) is 73.0 Å². The number of carbonyl (C=O) groups excluding carboxylic acids is 2. The van der Waals surface area contributed by atoms with Crippen molar-refractivity contribution in [3.05, 3.63) is 118 Å². The number of nitrogens with one attached hydrogen (secondary N) is 1. The minimum Gasteiger partial charge on any atom is -0.493 e. The number of benzene rings is 4. The summed E-state index contributed by atoms with van der Waals surface area (Å²) in [6, 6.07) is 24.4. The molecule has 0 spiro atoms. The molecular formula is C36H39BrFN3O6S. The molecule has 48 heavy (non-hydrogen) atoms. The highest BCUT2D eigenvalue weighted by atomic mass is 79.9. The Labute approximate surface area is 289 Å². The van der Waals surface area contributed by atoms with Crippen LogP contribution in [0.15, 0.2) is 106 Å². The third-order valence-corrected chi connectivity index (χ3v) is 10.1. The Morgan fingerprint density at radius 1 is 0.875 bits per heavy atom. The van der Waals surface area contributed by atoms with Gasteiger partial charge in [-0.1, -0.05) is 65.3 Å². The topological polar surface area (TPSA) is 105 Å². The highest BCUT2D eigenvalue weighted by molar-refractivity contribution is 9.10. The zero-order valence-corrected chi connectivity index (χ0v) is 29.6. The van der Waals surface area contributed by atoms with Crippen LogP contribution in [-0.4, -0.2) is 58.0 Å². The molecule has 0 aliphatic rings. The number of sulfonamides is 1. The maximum atomic E-state index is 14.6. The zero-order chi connectivity index (χ0) is 34.8. The lowest BCUT2D eigenvalue weighted by Crippen LogP contribution is -2.54. The smallest absolute Gasteiger partial charge is 0.264 e. The predicted octanol–water partition coefficient (Wildman–Crippen LogP) is 6.36. The van der Waals surface area contributed by atoms with Crippen molar-refractivity contribution in [3.8, 4) is 11.5 Å². The predicted molar refractivity (Wildman–Crippen MR) is 187 cm³/mol. The van der Waals surface area contributed by atoms with Gasteiger partial charge in [0.2, 0.25) is 11.8 Å². The molecule has 0 aliphatic carbocycles. The molecule has 0 heterocycles. The van der Waals surface area contributed by atoms with Crippen molar-refractivity contribution in [2.45, 2.75) is 50.2 Å². The van der Waals surface area contributed by atoms with E-state index in [-0.39, 0.29) is 41.2 Å². The number of rotatable bonds is 15. The molecule has 0 unspecified atom stereocenters. The van der Waals surface area contributed by atoms with E-state index in [1.165, 1.54) is 49.5 Å². The first-order valence-corrected chi connectivity index (χ1v) is 17.6. The number of hydrogen-bond donors (Lipinski definition) is 1. The van der Waals surface area contributed by atoms with Crippen LogP contribution in [-0.2, 0) is 32.6 Å². The molecule has 0 aromatic heterocycles. The highest BCUT2D eigenvalue weighted by Gasteiger charge is 2.35.